The molecular formula is C19H27NaO14S. The van der Waals surface area contributed by atoms with Gasteiger partial charge in [-0.2, -0.15) is 8.42 Å². The van der Waals surface area contributed by atoms with Crippen LogP contribution in [0, 0.1) is 0 Å². The molecule has 6 N–H and O–H groups in total. The molecule has 0 amide bonds. The fourth-order valence-corrected chi connectivity index (χ4v) is 4.18. The van der Waals surface area contributed by atoms with Crippen molar-refractivity contribution in [1.29, 1.82) is 0 Å². The minimum absolute atomic E-state index is 0. The van der Waals surface area contributed by atoms with Gasteiger partial charge in [-0.25, -0.2) is 4.18 Å². The molecule has 3 rings (SSSR count). The van der Waals surface area contributed by atoms with Crippen molar-refractivity contribution < 1.29 is 96.3 Å². The van der Waals surface area contributed by atoms with Gasteiger partial charge in [-0.05, 0) is 5.56 Å². The Morgan fingerprint density at radius 3 is 2.09 bits per heavy atom. The van der Waals surface area contributed by atoms with Crippen molar-refractivity contribution in [1.82, 2.24) is 0 Å². The Morgan fingerprint density at radius 2 is 1.51 bits per heavy atom. The van der Waals surface area contributed by atoms with Crippen LogP contribution >= 0.6 is 0 Å². The summed E-state index contributed by atoms with van der Waals surface area (Å²) in [5, 5.41) is 62.6. The van der Waals surface area contributed by atoms with E-state index in [-0.39, 0.29) is 36.2 Å². The molecule has 10 atom stereocenters. The number of rotatable bonds is 9. The van der Waals surface area contributed by atoms with Crippen molar-refractivity contribution in [3.8, 4) is 0 Å². The van der Waals surface area contributed by atoms with E-state index in [9.17, 15) is 39.1 Å². The van der Waals surface area contributed by atoms with Gasteiger partial charge in [0.2, 0.25) is 0 Å². The van der Waals surface area contributed by atoms with E-state index < -0.39 is 85.0 Å². The normalized spacial score (nSPS) is 38.0. The molecule has 0 saturated carbocycles. The monoisotopic (exact) mass is 534 g/mol. The number of benzene rings is 1. The van der Waals surface area contributed by atoms with E-state index in [1.54, 1.807) is 30.3 Å². The van der Waals surface area contributed by atoms with Crippen LogP contribution in [-0.2, 0) is 40.1 Å². The zero-order chi connectivity index (χ0) is 25.0. The summed E-state index contributed by atoms with van der Waals surface area (Å²) in [4.78, 5) is 0. The van der Waals surface area contributed by atoms with Crippen molar-refractivity contribution in [3.63, 3.8) is 0 Å². The molecule has 14 nitrogen and oxygen atoms in total. The van der Waals surface area contributed by atoms with Crippen molar-refractivity contribution in [2.75, 3.05) is 13.2 Å². The third-order valence-corrected chi connectivity index (χ3v) is 5.87. The van der Waals surface area contributed by atoms with Gasteiger partial charge in [0.1, 0.15) is 42.7 Å². The molecule has 194 valence electrons. The molecule has 2 fully saturated rings. The average molecular weight is 534 g/mol. The molecule has 0 aromatic heterocycles. The average Bonchev–Trinajstić information content (AvgIpc) is 2.80. The molecule has 1 aromatic carbocycles. The van der Waals surface area contributed by atoms with E-state index in [1.165, 1.54) is 0 Å². The van der Waals surface area contributed by atoms with E-state index in [2.05, 4.69) is 4.18 Å². The number of hydrogen-bond acceptors (Lipinski definition) is 13. The zero-order valence-electron chi connectivity index (χ0n) is 18.6. The summed E-state index contributed by atoms with van der Waals surface area (Å²) in [5.41, 5.74) is 0.748. The van der Waals surface area contributed by atoms with Crippen LogP contribution in [0.1, 0.15) is 5.56 Å². The van der Waals surface area contributed by atoms with Gasteiger partial charge in [0.15, 0.2) is 12.6 Å². The molecule has 0 radical (unpaired) electrons. The van der Waals surface area contributed by atoms with Crippen LogP contribution in [0.25, 0.3) is 0 Å². The Balaban J connectivity index is 0.00000432. The van der Waals surface area contributed by atoms with Crippen molar-refractivity contribution in [2.45, 2.75) is 68.0 Å². The summed E-state index contributed by atoms with van der Waals surface area (Å²) < 4.78 is 56.9. The molecule has 35 heavy (non-hydrogen) atoms. The molecule has 0 unspecified atom stereocenters. The van der Waals surface area contributed by atoms with Crippen LogP contribution in [-0.4, -0.2) is 113 Å². The van der Waals surface area contributed by atoms with Gasteiger partial charge < -0.3 is 49.6 Å². The van der Waals surface area contributed by atoms with Crippen LogP contribution < -0.4 is 34.7 Å². The molecular weight excluding hydrogens is 507 g/mol. The van der Waals surface area contributed by atoms with Crippen molar-refractivity contribution in [3.05, 3.63) is 35.9 Å². The summed E-state index contributed by atoms with van der Waals surface area (Å²) in [6.45, 7) is -1.83. The minimum Gasteiger partial charge on any atom is -0.853 e. The van der Waals surface area contributed by atoms with Gasteiger partial charge in [-0.15, -0.1) is 6.61 Å². The third-order valence-electron chi connectivity index (χ3n) is 5.41. The van der Waals surface area contributed by atoms with Gasteiger partial charge in [0.25, 0.3) is 0 Å². The molecule has 2 aliphatic rings. The van der Waals surface area contributed by atoms with E-state index in [0.29, 0.717) is 0 Å². The Hall–Kier alpha value is -0.310. The van der Waals surface area contributed by atoms with E-state index in [0.717, 1.165) is 5.56 Å². The first-order valence-electron chi connectivity index (χ1n) is 10.2. The van der Waals surface area contributed by atoms with Gasteiger partial charge in [0.05, 0.1) is 19.3 Å². The van der Waals surface area contributed by atoms with E-state index in [1.807, 2.05) is 0 Å². The van der Waals surface area contributed by atoms with Crippen LogP contribution in [0.3, 0.4) is 0 Å². The fraction of sp³-hybridized carbons (Fsp3) is 0.684. The van der Waals surface area contributed by atoms with Gasteiger partial charge in [-0.1, -0.05) is 30.3 Å². The predicted molar refractivity (Wildman–Crippen MR) is 106 cm³/mol. The topological polar surface area (TPSA) is 225 Å². The second kappa shape index (κ2) is 13.5. The largest absolute Gasteiger partial charge is 1.00 e. The molecule has 1 aromatic rings. The van der Waals surface area contributed by atoms with Crippen LogP contribution in [0.15, 0.2) is 30.3 Å². The molecule has 2 saturated heterocycles. The Bertz CT molecular complexity index is 874. The third kappa shape index (κ3) is 7.84. The SMILES string of the molecule is O=S(=O)(O)O[C@H]1[C@@H](O)[C@@H](C[O-])O[C@@H](O[C@H]2[C@H](O)[C@@H](O)[C@H](OCc3ccccc3)O[C@@H]2CO)[C@@H]1O.[Na+]. The quantitative estimate of drug-likeness (QED) is 0.128. The number of aliphatic hydroxyl groups is 5. The minimum atomic E-state index is -5.15. The van der Waals surface area contributed by atoms with Crippen molar-refractivity contribution >= 4 is 10.4 Å². The molecule has 0 aliphatic carbocycles. The summed E-state index contributed by atoms with van der Waals surface area (Å²) in [5.74, 6) is 0. The first-order valence-corrected chi connectivity index (χ1v) is 11.6. The summed E-state index contributed by atoms with van der Waals surface area (Å²) in [6, 6.07) is 8.86. The van der Waals surface area contributed by atoms with Gasteiger partial charge in [-0.3, -0.25) is 4.55 Å². The van der Waals surface area contributed by atoms with Gasteiger partial charge in [0, 0.05) is 0 Å². The summed E-state index contributed by atoms with van der Waals surface area (Å²) >= 11 is 0. The molecule has 16 heteroatoms. The number of aliphatic hydroxyl groups excluding tert-OH is 5. The smallest absolute Gasteiger partial charge is 0.853 e. The maximum atomic E-state index is 11.4. The second-order valence-corrected chi connectivity index (χ2v) is 8.83. The Morgan fingerprint density at radius 1 is 0.886 bits per heavy atom. The second-order valence-electron chi connectivity index (χ2n) is 7.78. The van der Waals surface area contributed by atoms with Crippen LogP contribution in [0.5, 0.6) is 0 Å². The number of hydrogen-bond donors (Lipinski definition) is 6. The summed E-state index contributed by atoms with van der Waals surface area (Å²) in [7, 11) is -5.15. The van der Waals surface area contributed by atoms with Crippen molar-refractivity contribution in [2.24, 2.45) is 0 Å². The Kier molecular flexibility index (Phi) is 11.9. The van der Waals surface area contributed by atoms with Crippen LogP contribution in [0.4, 0.5) is 0 Å². The first kappa shape index (κ1) is 30.9. The van der Waals surface area contributed by atoms with E-state index >= 15 is 0 Å². The summed E-state index contributed by atoms with van der Waals surface area (Å²) in [6.07, 6.45) is -17.2. The maximum absolute atomic E-state index is 11.4. The molecule has 0 bridgehead atoms. The molecule has 0 spiro atoms. The molecule has 2 heterocycles. The molecule has 2 aliphatic heterocycles. The fourth-order valence-electron chi connectivity index (χ4n) is 3.67. The number of ether oxygens (including phenoxy) is 4. The maximum Gasteiger partial charge on any atom is 1.00 e. The van der Waals surface area contributed by atoms with Gasteiger partial charge >= 0.3 is 40.0 Å². The predicted octanol–water partition coefficient (Wildman–Crippen LogP) is -6.97. The first-order chi connectivity index (χ1) is 16.1. The zero-order valence-corrected chi connectivity index (χ0v) is 21.5. The van der Waals surface area contributed by atoms with Crippen LogP contribution in [0.2, 0.25) is 0 Å². The van der Waals surface area contributed by atoms with E-state index in [4.69, 9.17) is 23.5 Å². The Labute approximate surface area is 223 Å². The standard InChI is InChI=1S/C19H27O14S.Na/c20-6-10-12(22)17(33-34(26,27)28)15(25)19(30-10)32-16-11(7-21)31-18(14(24)13(16)23)29-8-9-4-2-1-3-5-9;/h1-5,10-19,21-25H,6-8H2,(H,26,27,28);/q-1;+1/t10-,11-,12+,13-,14-,15-,16-,17+,18-,19+;/m1./s1.